The zero-order valence-electron chi connectivity index (χ0n) is 22.5. The number of hydrogen-bond donors (Lipinski definition) is 4. The Hall–Kier alpha value is -3.26. The van der Waals surface area contributed by atoms with Crippen LogP contribution in [0.5, 0.6) is 23.0 Å². The summed E-state index contributed by atoms with van der Waals surface area (Å²) < 4.78 is 7.77. The van der Waals surface area contributed by atoms with Crippen LogP contribution < -0.4 is 0 Å². The van der Waals surface area contributed by atoms with Crippen LogP contribution in [0.15, 0.2) is 117 Å². The molecule has 7 heteroatoms. The molecule has 4 aromatic rings. The van der Waals surface area contributed by atoms with Crippen LogP contribution >= 0.6 is 20.6 Å². The maximum Gasteiger partial charge on any atom is 0.115 e. The molecule has 4 aromatic carbocycles. The average molecular weight is 567 g/mol. The Morgan fingerprint density at radius 3 is 0.872 bits per heavy atom. The summed E-state index contributed by atoms with van der Waals surface area (Å²) in [6.07, 6.45) is 3.80. The summed E-state index contributed by atoms with van der Waals surface area (Å²) in [5, 5.41) is 40.6. The molecule has 0 aliphatic carbocycles. The predicted octanol–water partition coefficient (Wildman–Crippen LogP) is 9.10. The SMILES string of the molecule is CCCCS(OS(CCCC)(c1ccc(O)cc1)c1ccc(O)cc1)(c1ccc(O)cc1)c1ccc(O)cc1. The van der Waals surface area contributed by atoms with Gasteiger partial charge in [0, 0.05) is 31.1 Å². The molecular weight excluding hydrogens is 528 g/mol. The van der Waals surface area contributed by atoms with Crippen LogP contribution in [0.1, 0.15) is 39.5 Å². The van der Waals surface area contributed by atoms with Gasteiger partial charge in [-0.3, -0.25) is 3.63 Å². The van der Waals surface area contributed by atoms with Crippen LogP contribution in [0.3, 0.4) is 0 Å². The van der Waals surface area contributed by atoms with E-state index in [-0.39, 0.29) is 23.0 Å². The first kappa shape index (κ1) is 28.7. The smallest absolute Gasteiger partial charge is 0.115 e. The molecule has 0 amide bonds. The van der Waals surface area contributed by atoms with Gasteiger partial charge in [-0.2, -0.15) is 0 Å². The minimum atomic E-state index is -2.16. The first-order valence-electron chi connectivity index (χ1n) is 13.3. The summed E-state index contributed by atoms with van der Waals surface area (Å²) in [7, 11) is -4.33. The lowest BCUT2D eigenvalue weighted by atomic mass is 10.3. The molecule has 0 heterocycles. The first-order chi connectivity index (χ1) is 18.8. The van der Waals surface area contributed by atoms with Crippen molar-refractivity contribution in [2.75, 3.05) is 11.5 Å². The van der Waals surface area contributed by atoms with Crippen LogP contribution in [0.4, 0.5) is 0 Å². The molecule has 0 bridgehead atoms. The van der Waals surface area contributed by atoms with Crippen molar-refractivity contribution in [1.29, 1.82) is 0 Å². The Kier molecular flexibility index (Phi) is 9.38. The van der Waals surface area contributed by atoms with Crippen molar-refractivity contribution in [2.45, 2.75) is 59.1 Å². The number of aromatic hydroxyl groups is 4. The van der Waals surface area contributed by atoms with Gasteiger partial charge in [0.25, 0.3) is 0 Å². The van der Waals surface area contributed by atoms with Crippen molar-refractivity contribution in [3.05, 3.63) is 97.1 Å². The minimum absolute atomic E-state index is 0.190. The van der Waals surface area contributed by atoms with Crippen LogP contribution in [0.25, 0.3) is 0 Å². The highest BCUT2D eigenvalue weighted by atomic mass is 32.3. The zero-order valence-corrected chi connectivity index (χ0v) is 24.1. The number of phenols is 4. The summed E-state index contributed by atoms with van der Waals surface area (Å²) in [4.78, 5) is 3.96. The maximum atomic E-state index is 10.2. The lowest BCUT2D eigenvalue weighted by Crippen LogP contribution is -2.18. The highest BCUT2D eigenvalue weighted by Gasteiger charge is 2.40. The molecule has 0 saturated heterocycles. The number of benzene rings is 4. The normalized spacial score (nSPS) is 12.8. The topological polar surface area (TPSA) is 90.2 Å². The number of phenolic OH excluding ortho intramolecular Hbond substituents is 4. The van der Waals surface area contributed by atoms with E-state index in [2.05, 4.69) is 13.8 Å². The average Bonchev–Trinajstić information content (AvgIpc) is 2.95. The van der Waals surface area contributed by atoms with Gasteiger partial charge in [-0.1, -0.05) is 47.3 Å². The Bertz CT molecular complexity index is 1130. The second-order valence-corrected chi connectivity index (χ2v) is 15.5. The largest absolute Gasteiger partial charge is 0.508 e. The third-order valence-electron chi connectivity index (χ3n) is 6.67. The van der Waals surface area contributed by atoms with Crippen LogP contribution in [-0.2, 0) is 3.63 Å². The second-order valence-electron chi connectivity index (χ2n) is 9.51. The molecule has 5 nitrogen and oxygen atoms in total. The van der Waals surface area contributed by atoms with Crippen LogP contribution in [0.2, 0.25) is 0 Å². The molecule has 39 heavy (non-hydrogen) atoms. The van der Waals surface area contributed by atoms with E-state index in [0.717, 1.165) is 56.8 Å². The highest BCUT2D eigenvalue weighted by molar-refractivity contribution is 8.42. The molecule has 0 unspecified atom stereocenters. The van der Waals surface area contributed by atoms with Crippen molar-refractivity contribution in [2.24, 2.45) is 0 Å². The standard InChI is InChI=1S/C32H38O5S2/c1-3-5-23-38(29-15-7-25(33)8-16-29,30-17-9-26(34)10-18-30)37-39(24-6-4-2,31-19-11-27(35)12-20-31)32-21-13-28(36)14-22-32/h7-22,33-36H,3-6,23-24H2,1-2H3. The number of hydrogen-bond acceptors (Lipinski definition) is 5. The fourth-order valence-corrected chi connectivity index (χ4v) is 13.1. The van der Waals surface area contributed by atoms with Crippen molar-refractivity contribution < 1.29 is 24.1 Å². The van der Waals surface area contributed by atoms with Crippen molar-refractivity contribution >= 4 is 20.6 Å². The molecule has 0 aliphatic heterocycles. The highest BCUT2D eigenvalue weighted by Crippen LogP contribution is 2.78. The summed E-state index contributed by atoms with van der Waals surface area (Å²) in [6, 6.07) is 29.2. The molecule has 4 N–H and O–H groups in total. The first-order valence-corrected chi connectivity index (χ1v) is 16.8. The Labute approximate surface area is 234 Å². The molecule has 0 fully saturated rings. The van der Waals surface area contributed by atoms with Gasteiger partial charge < -0.3 is 20.4 Å². The van der Waals surface area contributed by atoms with Crippen molar-refractivity contribution in [3.63, 3.8) is 0 Å². The molecule has 0 radical (unpaired) electrons. The minimum Gasteiger partial charge on any atom is -0.508 e. The Morgan fingerprint density at radius 2 is 0.667 bits per heavy atom. The molecule has 0 aliphatic rings. The van der Waals surface area contributed by atoms with Crippen LogP contribution in [-0.4, -0.2) is 31.9 Å². The van der Waals surface area contributed by atoms with E-state index in [1.54, 1.807) is 48.5 Å². The van der Waals surface area contributed by atoms with Crippen LogP contribution in [0, 0.1) is 0 Å². The van der Waals surface area contributed by atoms with Gasteiger partial charge >= 0.3 is 0 Å². The summed E-state index contributed by atoms with van der Waals surface area (Å²) in [6.45, 7) is 4.32. The molecule has 0 atom stereocenters. The third kappa shape index (κ3) is 6.32. The number of unbranched alkanes of at least 4 members (excludes halogenated alkanes) is 2. The maximum absolute atomic E-state index is 10.2. The van der Waals surface area contributed by atoms with E-state index in [4.69, 9.17) is 3.63 Å². The van der Waals surface area contributed by atoms with Gasteiger partial charge in [-0.15, -0.1) is 0 Å². The van der Waals surface area contributed by atoms with Gasteiger partial charge in [0.1, 0.15) is 23.0 Å². The Morgan fingerprint density at radius 1 is 0.436 bits per heavy atom. The molecule has 208 valence electrons. The quantitative estimate of drug-likeness (QED) is 0.137. The predicted molar refractivity (Wildman–Crippen MR) is 161 cm³/mol. The third-order valence-corrected chi connectivity index (χ3v) is 14.4. The molecule has 0 spiro atoms. The van der Waals surface area contributed by atoms with E-state index in [0.29, 0.717) is 0 Å². The van der Waals surface area contributed by atoms with Crippen molar-refractivity contribution in [3.8, 4) is 23.0 Å². The fraction of sp³-hybridized carbons (Fsp3) is 0.250. The van der Waals surface area contributed by atoms with E-state index >= 15 is 0 Å². The molecule has 0 saturated carbocycles. The van der Waals surface area contributed by atoms with Gasteiger partial charge in [-0.25, -0.2) is 0 Å². The number of rotatable bonds is 12. The molecule has 4 rings (SSSR count). The monoisotopic (exact) mass is 566 g/mol. The van der Waals surface area contributed by atoms with Gasteiger partial charge in [0.05, 0.1) is 0 Å². The summed E-state index contributed by atoms with van der Waals surface area (Å²) in [5.74, 6) is 2.28. The molecule has 0 aromatic heterocycles. The second kappa shape index (κ2) is 12.7. The lowest BCUT2D eigenvalue weighted by molar-refractivity contribution is 0.474. The van der Waals surface area contributed by atoms with E-state index in [1.165, 1.54) is 0 Å². The van der Waals surface area contributed by atoms with Gasteiger partial charge in [0.15, 0.2) is 0 Å². The fourth-order valence-electron chi connectivity index (χ4n) is 4.53. The summed E-state index contributed by atoms with van der Waals surface area (Å²) >= 11 is 0. The van der Waals surface area contributed by atoms with E-state index in [9.17, 15) is 20.4 Å². The Balaban J connectivity index is 2.05. The van der Waals surface area contributed by atoms with Gasteiger partial charge in [-0.05, 0) is 110 Å². The molecular formula is C32H38O5S2. The zero-order chi connectivity index (χ0) is 27.9. The van der Waals surface area contributed by atoms with Gasteiger partial charge in [0.2, 0.25) is 0 Å². The lowest BCUT2D eigenvalue weighted by Gasteiger charge is -2.51. The van der Waals surface area contributed by atoms with Crippen molar-refractivity contribution in [1.82, 2.24) is 0 Å². The summed E-state index contributed by atoms with van der Waals surface area (Å²) in [5.41, 5.74) is 0. The van der Waals surface area contributed by atoms with E-state index in [1.807, 2.05) is 48.5 Å². The van der Waals surface area contributed by atoms with E-state index < -0.39 is 20.6 Å².